The fourth-order valence-corrected chi connectivity index (χ4v) is 1.93. The Morgan fingerprint density at radius 2 is 2.06 bits per heavy atom. The number of aryl methyl sites for hydroxylation is 1. The molecule has 3 nitrogen and oxygen atoms in total. The molecular weight excluding hydrogens is 210 g/mol. The molecule has 0 aliphatic carbocycles. The minimum absolute atomic E-state index is 1.06. The van der Waals surface area contributed by atoms with Gasteiger partial charge < -0.3 is 10.6 Å². The summed E-state index contributed by atoms with van der Waals surface area (Å²) < 4.78 is 0. The van der Waals surface area contributed by atoms with E-state index in [4.69, 9.17) is 0 Å². The summed E-state index contributed by atoms with van der Waals surface area (Å²) in [7, 11) is 3.94. The van der Waals surface area contributed by atoms with Gasteiger partial charge in [-0.25, -0.2) is 0 Å². The van der Waals surface area contributed by atoms with Gasteiger partial charge in [0.05, 0.1) is 5.70 Å². The first-order valence-corrected chi connectivity index (χ1v) is 6.25. The standard InChI is InChI=1S/C14H23N3/c1-5-6-9-13(15-3)14(16-4)12-8-7-10-17-11(12)2/h7-8,10,15-16H,5-6,9H2,1-4H3/b14-13-. The molecule has 0 aliphatic rings. The maximum absolute atomic E-state index is 4.34. The topological polar surface area (TPSA) is 37.0 Å². The summed E-state index contributed by atoms with van der Waals surface area (Å²) in [6, 6.07) is 4.09. The first-order chi connectivity index (χ1) is 8.24. The molecule has 0 aromatic carbocycles. The molecule has 1 heterocycles. The molecule has 0 radical (unpaired) electrons. The van der Waals surface area contributed by atoms with Crippen LogP contribution in [0.5, 0.6) is 0 Å². The minimum atomic E-state index is 1.06. The molecule has 17 heavy (non-hydrogen) atoms. The summed E-state index contributed by atoms with van der Waals surface area (Å²) in [5.41, 5.74) is 4.65. The zero-order valence-electron chi connectivity index (χ0n) is 11.3. The van der Waals surface area contributed by atoms with Gasteiger partial charge in [-0.1, -0.05) is 13.3 Å². The van der Waals surface area contributed by atoms with Crippen molar-refractivity contribution in [1.29, 1.82) is 0 Å². The normalized spacial score (nSPS) is 12.0. The van der Waals surface area contributed by atoms with Crippen LogP contribution in [0.15, 0.2) is 24.0 Å². The van der Waals surface area contributed by atoms with Gasteiger partial charge >= 0.3 is 0 Å². The summed E-state index contributed by atoms with van der Waals surface area (Å²) in [4.78, 5) is 4.34. The SMILES string of the molecule is CCCC/C(NC)=C(/NC)c1cccnc1C. The van der Waals surface area contributed by atoms with E-state index >= 15 is 0 Å². The summed E-state index contributed by atoms with van der Waals surface area (Å²) in [6.07, 6.45) is 5.30. The van der Waals surface area contributed by atoms with Crippen molar-refractivity contribution in [2.75, 3.05) is 14.1 Å². The van der Waals surface area contributed by atoms with Crippen molar-refractivity contribution >= 4 is 5.70 Å². The predicted octanol–water partition coefficient (Wildman–Crippen LogP) is 2.69. The third-order valence-corrected chi connectivity index (χ3v) is 2.91. The summed E-state index contributed by atoms with van der Waals surface area (Å²) in [5, 5.41) is 6.60. The Morgan fingerprint density at radius 1 is 1.29 bits per heavy atom. The van der Waals surface area contributed by atoms with Gasteiger partial charge in [0.25, 0.3) is 0 Å². The second-order valence-electron chi connectivity index (χ2n) is 4.09. The fourth-order valence-electron chi connectivity index (χ4n) is 1.93. The molecule has 2 N–H and O–H groups in total. The molecule has 0 saturated carbocycles. The van der Waals surface area contributed by atoms with Crippen LogP contribution in [0.2, 0.25) is 0 Å². The van der Waals surface area contributed by atoms with Gasteiger partial charge in [-0.3, -0.25) is 4.98 Å². The van der Waals surface area contributed by atoms with Crippen LogP contribution in [-0.4, -0.2) is 19.1 Å². The Balaban J connectivity index is 3.10. The molecule has 1 aromatic heterocycles. The Kier molecular flexibility index (Phi) is 5.53. The molecule has 0 unspecified atom stereocenters. The van der Waals surface area contributed by atoms with Crippen LogP contribution in [0.4, 0.5) is 0 Å². The molecule has 94 valence electrons. The summed E-state index contributed by atoms with van der Waals surface area (Å²) in [5.74, 6) is 0. The first-order valence-electron chi connectivity index (χ1n) is 6.25. The van der Waals surface area contributed by atoms with Crippen LogP contribution in [0.3, 0.4) is 0 Å². The Morgan fingerprint density at radius 3 is 2.59 bits per heavy atom. The number of nitrogens with one attached hydrogen (secondary N) is 2. The maximum atomic E-state index is 4.34. The lowest BCUT2D eigenvalue weighted by Gasteiger charge is -2.16. The number of hydrogen-bond donors (Lipinski definition) is 2. The van der Waals surface area contributed by atoms with Crippen molar-refractivity contribution in [3.63, 3.8) is 0 Å². The monoisotopic (exact) mass is 233 g/mol. The zero-order valence-corrected chi connectivity index (χ0v) is 11.3. The smallest absolute Gasteiger partial charge is 0.0622 e. The number of nitrogens with zero attached hydrogens (tertiary/aromatic N) is 1. The number of aromatic nitrogens is 1. The van der Waals surface area contributed by atoms with E-state index in [0.29, 0.717) is 0 Å². The van der Waals surface area contributed by atoms with Crippen LogP contribution in [0.1, 0.15) is 37.4 Å². The van der Waals surface area contributed by atoms with Crippen molar-refractivity contribution in [1.82, 2.24) is 15.6 Å². The average Bonchev–Trinajstić information content (AvgIpc) is 2.36. The van der Waals surface area contributed by atoms with E-state index in [9.17, 15) is 0 Å². The van der Waals surface area contributed by atoms with Crippen LogP contribution in [0, 0.1) is 6.92 Å². The van der Waals surface area contributed by atoms with Gasteiger partial charge in [0.2, 0.25) is 0 Å². The molecule has 0 spiro atoms. The Labute approximate surface area is 104 Å². The summed E-state index contributed by atoms with van der Waals surface area (Å²) >= 11 is 0. The highest BCUT2D eigenvalue weighted by molar-refractivity contribution is 5.68. The zero-order chi connectivity index (χ0) is 12.7. The lowest BCUT2D eigenvalue weighted by molar-refractivity contribution is 0.740. The lowest BCUT2D eigenvalue weighted by Crippen LogP contribution is -2.17. The molecule has 0 atom stereocenters. The van der Waals surface area contributed by atoms with E-state index in [2.05, 4.69) is 28.6 Å². The van der Waals surface area contributed by atoms with Crippen molar-refractivity contribution in [3.05, 3.63) is 35.3 Å². The molecule has 0 saturated heterocycles. The van der Waals surface area contributed by atoms with Crippen LogP contribution in [0.25, 0.3) is 5.70 Å². The number of pyridine rings is 1. The van der Waals surface area contributed by atoms with E-state index < -0.39 is 0 Å². The largest absolute Gasteiger partial charge is 0.390 e. The summed E-state index contributed by atoms with van der Waals surface area (Å²) in [6.45, 7) is 4.25. The first kappa shape index (κ1) is 13.6. The highest BCUT2D eigenvalue weighted by atomic mass is 14.9. The molecule has 1 rings (SSSR count). The molecule has 0 fully saturated rings. The van der Waals surface area contributed by atoms with Crippen molar-refractivity contribution < 1.29 is 0 Å². The number of allylic oxidation sites excluding steroid dienone is 1. The highest BCUT2D eigenvalue weighted by Crippen LogP contribution is 2.19. The van der Waals surface area contributed by atoms with E-state index in [1.54, 1.807) is 0 Å². The van der Waals surface area contributed by atoms with Gasteiger partial charge in [-0.05, 0) is 31.9 Å². The molecule has 3 heteroatoms. The third kappa shape index (κ3) is 3.48. The van der Waals surface area contributed by atoms with Gasteiger partial charge in [-0.2, -0.15) is 0 Å². The van der Waals surface area contributed by atoms with Crippen molar-refractivity contribution in [3.8, 4) is 0 Å². The number of hydrogen-bond acceptors (Lipinski definition) is 3. The number of unbranched alkanes of at least 4 members (excludes halogenated alkanes) is 1. The van der Waals surface area contributed by atoms with E-state index in [1.807, 2.05) is 33.3 Å². The average molecular weight is 233 g/mol. The molecule has 0 aliphatic heterocycles. The molecule has 0 bridgehead atoms. The van der Waals surface area contributed by atoms with Crippen molar-refractivity contribution in [2.45, 2.75) is 33.1 Å². The van der Waals surface area contributed by atoms with Crippen LogP contribution in [-0.2, 0) is 0 Å². The van der Waals surface area contributed by atoms with E-state index in [-0.39, 0.29) is 0 Å². The van der Waals surface area contributed by atoms with Crippen LogP contribution < -0.4 is 10.6 Å². The molecule has 0 amide bonds. The van der Waals surface area contributed by atoms with Crippen LogP contribution >= 0.6 is 0 Å². The highest BCUT2D eigenvalue weighted by Gasteiger charge is 2.09. The number of rotatable bonds is 6. The Bertz CT molecular complexity index is 383. The minimum Gasteiger partial charge on any atom is -0.390 e. The second kappa shape index (κ2) is 6.94. The Hall–Kier alpha value is -1.51. The maximum Gasteiger partial charge on any atom is 0.0622 e. The molecular formula is C14H23N3. The van der Waals surface area contributed by atoms with Gasteiger partial charge in [-0.15, -0.1) is 0 Å². The third-order valence-electron chi connectivity index (χ3n) is 2.91. The predicted molar refractivity (Wildman–Crippen MR) is 73.5 cm³/mol. The van der Waals surface area contributed by atoms with Gasteiger partial charge in [0.1, 0.15) is 0 Å². The van der Waals surface area contributed by atoms with E-state index in [1.165, 1.54) is 24.1 Å². The molecule has 1 aromatic rings. The lowest BCUT2D eigenvalue weighted by atomic mass is 10.1. The quantitative estimate of drug-likeness (QED) is 0.793. The van der Waals surface area contributed by atoms with Crippen molar-refractivity contribution in [2.24, 2.45) is 0 Å². The second-order valence-corrected chi connectivity index (χ2v) is 4.09. The van der Waals surface area contributed by atoms with E-state index in [0.717, 1.165) is 17.8 Å². The van der Waals surface area contributed by atoms with Gasteiger partial charge in [0, 0.05) is 37.2 Å². The fraction of sp³-hybridized carbons (Fsp3) is 0.500. The van der Waals surface area contributed by atoms with Gasteiger partial charge in [0.15, 0.2) is 0 Å².